The number of piperazine rings is 1. The van der Waals surface area contributed by atoms with Crippen molar-refractivity contribution in [3.05, 3.63) is 28.2 Å². The first-order valence-electron chi connectivity index (χ1n) is 7.76. The second kappa shape index (κ2) is 8.50. The molecule has 2 aliphatic heterocycles. The normalized spacial score (nSPS) is 23.3. The lowest BCUT2D eigenvalue weighted by Gasteiger charge is -2.32. The van der Waals surface area contributed by atoms with Gasteiger partial charge >= 0.3 is 0 Å². The minimum atomic E-state index is 0. The van der Waals surface area contributed by atoms with E-state index in [4.69, 9.17) is 4.74 Å². The lowest BCUT2D eigenvalue weighted by atomic mass is 10.2. The van der Waals surface area contributed by atoms with Gasteiger partial charge in [-0.25, -0.2) is 0 Å². The number of nitrogens with zero attached hydrogens (tertiary/aromatic N) is 2. The molecule has 124 valence electrons. The molecule has 2 aliphatic rings. The molecule has 22 heavy (non-hydrogen) atoms. The molecule has 0 bridgehead atoms. The smallest absolute Gasteiger partial charge is 0.133 e. The highest BCUT2D eigenvalue weighted by atomic mass is 79.9. The fraction of sp³-hybridized carbons (Fsp3) is 0.625. The maximum atomic E-state index is 5.29. The summed E-state index contributed by atoms with van der Waals surface area (Å²) in [6.07, 6.45) is 1.30. The average Bonchev–Trinajstić information content (AvgIpc) is 2.97. The van der Waals surface area contributed by atoms with Crippen LogP contribution in [0.2, 0.25) is 0 Å². The zero-order valence-corrected chi connectivity index (χ0v) is 15.5. The molecule has 0 spiro atoms. The fourth-order valence-electron chi connectivity index (χ4n) is 3.37. The SMILES string of the molecule is COc1ccc(CN2CCC(N3CCNCC3)C2)cc1Br.Cl. The summed E-state index contributed by atoms with van der Waals surface area (Å²) < 4.78 is 6.34. The van der Waals surface area contributed by atoms with E-state index in [0.29, 0.717) is 0 Å². The quantitative estimate of drug-likeness (QED) is 0.854. The van der Waals surface area contributed by atoms with Crippen molar-refractivity contribution in [2.75, 3.05) is 46.4 Å². The number of benzene rings is 1. The van der Waals surface area contributed by atoms with Crippen LogP contribution >= 0.6 is 28.3 Å². The summed E-state index contributed by atoms with van der Waals surface area (Å²) in [5, 5.41) is 3.43. The number of halogens is 2. The molecule has 0 radical (unpaired) electrons. The molecule has 3 rings (SSSR count). The maximum Gasteiger partial charge on any atom is 0.133 e. The largest absolute Gasteiger partial charge is 0.496 e. The van der Waals surface area contributed by atoms with Crippen LogP contribution in [-0.4, -0.2) is 62.2 Å². The van der Waals surface area contributed by atoms with E-state index in [2.05, 4.69) is 43.2 Å². The first-order valence-corrected chi connectivity index (χ1v) is 8.55. The van der Waals surface area contributed by atoms with Gasteiger partial charge < -0.3 is 10.1 Å². The van der Waals surface area contributed by atoms with Gasteiger partial charge in [-0.15, -0.1) is 12.4 Å². The van der Waals surface area contributed by atoms with Crippen molar-refractivity contribution < 1.29 is 4.74 Å². The molecule has 1 atom stereocenters. The van der Waals surface area contributed by atoms with E-state index >= 15 is 0 Å². The van der Waals surface area contributed by atoms with Gasteiger partial charge in [0.1, 0.15) is 5.75 Å². The Bertz CT molecular complexity index is 482. The van der Waals surface area contributed by atoms with E-state index in [1.165, 1.54) is 38.2 Å². The molecule has 6 heteroatoms. The Morgan fingerprint density at radius 3 is 2.73 bits per heavy atom. The van der Waals surface area contributed by atoms with Gasteiger partial charge in [0.05, 0.1) is 11.6 Å². The van der Waals surface area contributed by atoms with Crippen LogP contribution in [0, 0.1) is 0 Å². The number of hydrogen-bond donors (Lipinski definition) is 1. The first-order chi connectivity index (χ1) is 10.3. The van der Waals surface area contributed by atoms with Gasteiger partial charge in [0.2, 0.25) is 0 Å². The van der Waals surface area contributed by atoms with Gasteiger partial charge in [-0.2, -0.15) is 0 Å². The Balaban J connectivity index is 0.00000176. The van der Waals surface area contributed by atoms with Crippen molar-refractivity contribution in [2.24, 2.45) is 0 Å². The van der Waals surface area contributed by atoms with E-state index in [9.17, 15) is 0 Å². The van der Waals surface area contributed by atoms with E-state index in [1.54, 1.807) is 7.11 Å². The standard InChI is InChI=1S/C16H24BrN3O.ClH/c1-21-16-3-2-13(10-15(16)17)11-19-7-4-14(12-19)20-8-5-18-6-9-20;/h2-3,10,14,18H,4-9,11-12H2,1H3;1H. The zero-order chi connectivity index (χ0) is 14.7. The summed E-state index contributed by atoms with van der Waals surface area (Å²) in [5.41, 5.74) is 1.35. The van der Waals surface area contributed by atoms with Crippen LogP contribution < -0.4 is 10.1 Å². The van der Waals surface area contributed by atoms with Gasteiger partial charge in [-0.1, -0.05) is 6.07 Å². The molecular weight excluding hydrogens is 366 g/mol. The minimum Gasteiger partial charge on any atom is -0.496 e. The molecule has 1 aromatic rings. The van der Waals surface area contributed by atoms with Crippen LogP contribution in [0.4, 0.5) is 0 Å². The summed E-state index contributed by atoms with van der Waals surface area (Å²) in [4.78, 5) is 5.22. The van der Waals surface area contributed by atoms with Crippen LogP contribution in [0.5, 0.6) is 5.75 Å². The summed E-state index contributed by atoms with van der Waals surface area (Å²) in [7, 11) is 1.71. The topological polar surface area (TPSA) is 27.7 Å². The van der Waals surface area contributed by atoms with Gasteiger partial charge in [-0.05, 0) is 40.0 Å². The van der Waals surface area contributed by atoms with Crippen LogP contribution in [0.1, 0.15) is 12.0 Å². The van der Waals surface area contributed by atoms with Crippen molar-refractivity contribution in [1.29, 1.82) is 0 Å². The molecule has 0 saturated carbocycles. The number of hydrogen-bond acceptors (Lipinski definition) is 4. The van der Waals surface area contributed by atoms with Crippen LogP contribution in [0.3, 0.4) is 0 Å². The number of likely N-dealkylation sites (tertiary alicyclic amines) is 1. The Kier molecular flexibility index (Phi) is 6.96. The van der Waals surface area contributed by atoms with Gasteiger partial charge in [0.15, 0.2) is 0 Å². The zero-order valence-electron chi connectivity index (χ0n) is 13.1. The van der Waals surface area contributed by atoms with Crippen molar-refractivity contribution in [3.63, 3.8) is 0 Å². The summed E-state index contributed by atoms with van der Waals surface area (Å²) in [6, 6.07) is 7.14. The van der Waals surface area contributed by atoms with Crippen LogP contribution in [0.25, 0.3) is 0 Å². The molecule has 1 unspecified atom stereocenters. The molecule has 0 amide bonds. The third-order valence-electron chi connectivity index (χ3n) is 4.54. The Labute approximate surface area is 147 Å². The third-order valence-corrected chi connectivity index (χ3v) is 5.16. The molecule has 2 fully saturated rings. The maximum absolute atomic E-state index is 5.29. The molecule has 0 aliphatic carbocycles. The number of methoxy groups -OCH3 is 1. The fourth-order valence-corrected chi connectivity index (χ4v) is 3.96. The second-order valence-electron chi connectivity index (χ2n) is 5.93. The first kappa shape index (κ1) is 18.0. The molecule has 2 saturated heterocycles. The summed E-state index contributed by atoms with van der Waals surface area (Å²) in [5.74, 6) is 0.902. The van der Waals surface area contributed by atoms with Crippen LogP contribution in [-0.2, 0) is 6.54 Å². The van der Waals surface area contributed by atoms with Gasteiger partial charge in [0, 0.05) is 51.9 Å². The molecule has 1 N–H and O–H groups in total. The minimum absolute atomic E-state index is 0. The van der Waals surface area contributed by atoms with E-state index in [0.717, 1.165) is 35.9 Å². The Morgan fingerprint density at radius 2 is 2.05 bits per heavy atom. The lowest BCUT2D eigenvalue weighted by molar-refractivity contribution is 0.170. The summed E-state index contributed by atoms with van der Waals surface area (Å²) >= 11 is 3.57. The van der Waals surface area contributed by atoms with Crippen molar-refractivity contribution >= 4 is 28.3 Å². The van der Waals surface area contributed by atoms with Crippen molar-refractivity contribution in [3.8, 4) is 5.75 Å². The molecule has 2 heterocycles. The predicted molar refractivity (Wildman–Crippen MR) is 96.1 cm³/mol. The molecule has 1 aromatic carbocycles. The average molecular weight is 391 g/mol. The predicted octanol–water partition coefficient (Wildman–Crippen LogP) is 2.36. The van der Waals surface area contributed by atoms with E-state index in [-0.39, 0.29) is 12.4 Å². The van der Waals surface area contributed by atoms with E-state index in [1.807, 2.05) is 6.07 Å². The van der Waals surface area contributed by atoms with Crippen LogP contribution in [0.15, 0.2) is 22.7 Å². The number of rotatable bonds is 4. The molecular formula is C16H25BrClN3O. The monoisotopic (exact) mass is 389 g/mol. The molecule has 0 aromatic heterocycles. The van der Waals surface area contributed by atoms with Gasteiger partial charge in [-0.3, -0.25) is 9.80 Å². The van der Waals surface area contributed by atoms with Gasteiger partial charge in [0.25, 0.3) is 0 Å². The highest BCUT2D eigenvalue weighted by Crippen LogP contribution is 2.27. The Hall–Kier alpha value is -0.330. The highest BCUT2D eigenvalue weighted by molar-refractivity contribution is 9.10. The third kappa shape index (κ3) is 4.36. The van der Waals surface area contributed by atoms with Crippen molar-refractivity contribution in [2.45, 2.75) is 19.0 Å². The lowest BCUT2D eigenvalue weighted by Crippen LogP contribution is -2.49. The van der Waals surface area contributed by atoms with E-state index < -0.39 is 0 Å². The second-order valence-corrected chi connectivity index (χ2v) is 6.79. The van der Waals surface area contributed by atoms with Crippen molar-refractivity contribution in [1.82, 2.24) is 15.1 Å². The summed E-state index contributed by atoms with van der Waals surface area (Å²) in [6.45, 7) is 8.12. The highest BCUT2D eigenvalue weighted by Gasteiger charge is 2.28. The Morgan fingerprint density at radius 1 is 1.27 bits per heavy atom. The number of nitrogens with one attached hydrogen (secondary N) is 1. The molecule has 4 nitrogen and oxygen atoms in total. The number of ether oxygens (including phenoxy) is 1.